The van der Waals surface area contributed by atoms with Crippen LogP contribution in [0.3, 0.4) is 0 Å². The molecule has 0 radical (unpaired) electrons. The molecule has 0 spiro atoms. The molecule has 0 saturated heterocycles. The van der Waals surface area contributed by atoms with E-state index in [0.29, 0.717) is 22.6 Å². The number of nitrogens with zero attached hydrogens (tertiary/aromatic N) is 6. The molecule has 30 heavy (non-hydrogen) atoms. The highest BCUT2D eigenvalue weighted by Gasteiger charge is 2.21. The Labute approximate surface area is 178 Å². The smallest absolute Gasteiger partial charge is 0.274 e. The third-order valence-electron chi connectivity index (χ3n) is 4.85. The number of fused-ring (bicyclic) bond motifs is 2. The molecule has 1 aliphatic rings. The summed E-state index contributed by atoms with van der Waals surface area (Å²) >= 11 is 0. The van der Waals surface area contributed by atoms with Crippen molar-refractivity contribution in [1.29, 1.82) is 0 Å². The number of rotatable bonds is 3. The van der Waals surface area contributed by atoms with Gasteiger partial charge >= 0.3 is 0 Å². The van der Waals surface area contributed by atoms with Gasteiger partial charge < -0.3 is 10.2 Å². The first-order valence-electron chi connectivity index (χ1n) is 11.4. The fourth-order valence-electron chi connectivity index (χ4n) is 3.28. The van der Waals surface area contributed by atoms with Crippen LogP contribution in [0.5, 0.6) is 0 Å². The van der Waals surface area contributed by atoms with E-state index in [1.54, 1.807) is 37.5 Å². The van der Waals surface area contributed by atoms with Crippen molar-refractivity contribution in [1.82, 2.24) is 24.6 Å². The van der Waals surface area contributed by atoms with Crippen molar-refractivity contribution in [3.8, 4) is 0 Å². The SMILES string of the molecule is [2H]C1([2H])Cc2ncc(Nc3cccnc3C)cc2C([2H])([2H])N1c1nn2c(=O)ccnc2cc1C. The molecule has 5 rings (SSSR count). The van der Waals surface area contributed by atoms with Crippen molar-refractivity contribution in [2.75, 3.05) is 16.7 Å². The van der Waals surface area contributed by atoms with E-state index in [-0.39, 0.29) is 17.8 Å². The summed E-state index contributed by atoms with van der Waals surface area (Å²) in [6.07, 6.45) is 4.45. The Kier molecular flexibility index (Phi) is 3.42. The predicted molar refractivity (Wildman–Crippen MR) is 115 cm³/mol. The van der Waals surface area contributed by atoms with Gasteiger partial charge in [0, 0.05) is 46.3 Å². The lowest BCUT2D eigenvalue weighted by Crippen LogP contribution is -2.33. The molecule has 4 aromatic rings. The van der Waals surface area contributed by atoms with Crippen molar-refractivity contribution in [3.63, 3.8) is 0 Å². The second-order valence-electron chi connectivity index (χ2n) is 6.97. The normalized spacial score (nSPS) is 18.7. The molecular formula is C22H21N7O. The highest BCUT2D eigenvalue weighted by molar-refractivity contribution is 5.62. The number of pyridine rings is 2. The van der Waals surface area contributed by atoms with Crippen LogP contribution in [0.2, 0.25) is 0 Å². The molecular weight excluding hydrogens is 378 g/mol. The molecule has 0 bridgehead atoms. The lowest BCUT2D eigenvalue weighted by Gasteiger charge is -2.30. The van der Waals surface area contributed by atoms with Gasteiger partial charge in [0.05, 0.1) is 26.0 Å². The van der Waals surface area contributed by atoms with Crippen LogP contribution in [0.1, 0.15) is 28.0 Å². The van der Waals surface area contributed by atoms with Crippen LogP contribution in [0.4, 0.5) is 17.2 Å². The van der Waals surface area contributed by atoms with Gasteiger partial charge in [0.15, 0.2) is 11.5 Å². The average molecular weight is 403 g/mol. The van der Waals surface area contributed by atoms with Crippen LogP contribution in [-0.2, 0) is 12.9 Å². The second-order valence-corrected chi connectivity index (χ2v) is 6.97. The van der Waals surface area contributed by atoms with E-state index in [1.807, 2.05) is 13.0 Å². The summed E-state index contributed by atoms with van der Waals surface area (Å²) in [5, 5.41) is 7.51. The standard InChI is InChI=1S/C22H21N7O/c1-14-10-20-24-8-5-21(30)29(20)27-22(14)28-9-6-19-16(13-28)11-17(12-25-19)26-18-4-3-7-23-15(18)2/h3-5,7-8,10-12,26H,6,9,13H2,1-2H3/i9D2,13D2. The van der Waals surface area contributed by atoms with Gasteiger partial charge in [-0.3, -0.25) is 14.8 Å². The maximum Gasteiger partial charge on any atom is 0.274 e. The van der Waals surface area contributed by atoms with Gasteiger partial charge in [-0.15, -0.1) is 5.10 Å². The van der Waals surface area contributed by atoms with E-state index < -0.39 is 18.6 Å². The Hall–Kier alpha value is -3.81. The molecule has 5 heterocycles. The zero-order chi connectivity index (χ0) is 24.3. The summed E-state index contributed by atoms with van der Waals surface area (Å²) in [5.74, 6) is 0.0183. The summed E-state index contributed by atoms with van der Waals surface area (Å²) in [7, 11) is 0. The molecule has 0 aromatic carbocycles. The van der Waals surface area contributed by atoms with Crippen molar-refractivity contribution in [2.45, 2.75) is 26.8 Å². The minimum absolute atomic E-state index is 0.0183. The number of nitrogens with one attached hydrogen (secondary N) is 1. The Morgan fingerprint density at radius 2 is 2.03 bits per heavy atom. The molecule has 0 unspecified atom stereocenters. The van der Waals surface area contributed by atoms with Gasteiger partial charge in [-0.25, -0.2) is 4.98 Å². The molecule has 0 atom stereocenters. The Bertz CT molecular complexity index is 1490. The van der Waals surface area contributed by atoms with Crippen LogP contribution in [-0.4, -0.2) is 31.1 Å². The fraction of sp³-hybridized carbons (Fsp3) is 0.227. The van der Waals surface area contributed by atoms with E-state index >= 15 is 0 Å². The van der Waals surface area contributed by atoms with Crippen molar-refractivity contribution < 1.29 is 5.48 Å². The lowest BCUT2D eigenvalue weighted by molar-refractivity contribution is 0.686. The number of hydrogen-bond donors (Lipinski definition) is 1. The molecule has 0 aliphatic carbocycles. The van der Waals surface area contributed by atoms with Gasteiger partial charge in [0.1, 0.15) is 0 Å². The Balaban J connectivity index is 1.64. The molecule has 0 amide bonds. The summed E-state index contributed by atoms with van der Waals surface area (Å²) in [5.41, 5.74) is 2.96. The topological polar surface area (TPSA) is 88.3 Å². The van der Waals surface area contributed by atoms with E-state index in [2.05, 4.69) is 25.4 Å². The largest absolute Gasteiger partial charge is 0.353 e. The Morgan fingerprint density at radius 3 is 2.90 bits per heavy atom. The van der Waals surface area contributed by atoms with Gasteiger partial charge in [0.2, 0.25) is 0 Å². The molecule has 0 saturated carbocycles. The van der Waals surface area contributed by atoms with Crippen LogP contribution in [0.15, 0.2) is 53.7 Å². The highest BCUT2D eigenvalue weighted by atomic mass is 16.1. The minimum Gasteiger partial charge on any atom is -0.353 e. The van der Waals surface area contributed by atoms with E-state index in [4.69, 9.17) is 5.48 Å². The zero-order valence-corrected chi connectivity index (χ0v) is 16.4. The lowest BCUT2D eigenvalue weighted by atomic mass is 10.0. The Morgan fingerprint density at radius 1 is 1.13 bits per heavy atom. The van der Waals surface area contributed by atoms with Crippen LogP contribution < -0.4 is 15.8 Å². The molecule has 1 N–H and O–H groups in total. The molecule has 8 heteroatoms. The van der Waals surface area contributed by atoms with Crippen LogP contribution >= 0.6 is 0 Å². The molecule has 1 aliphatic heterocycles. The van der Waals surface area contributed by atoms with Gasteiger partial charge in [-0.05, 0) is 49.2 Å². The number of anilines is 3. The predicted octanol–water partition coefficient (Wildman–Crippen LogP) is 2.80. The monoisotopic (exact) mass is 403 g/mol. The fourth-order valence-corrected chi connectivity index (χ4v) is 3.28. The number of aryl methyl sites for hydroxylation is 3. The minimum atomic E-state index is -2.32. The molecule has 150 valence electrons. The maximum absolute atomic E-state index is 12.3. The van der Waals surface area contributed by atoms with E-state index in [1.165, 1.54) is 12.3 Å². The number of aromatic nitrogens is 5. The molecule has 0 fully saturated rings. The molecule has 4 aromatic heterocycles. The van der Waals surface area contributed by atoms with Gasteiger partial charge in [-0.2, -0.15) is 4.52 Å². The molecule has 8 nitrogen and oxygen atoms in total. The van der Waals surface area contributed by atoms with Crippen LogP contribution in [0.25, 0.3) is 5.65 Å². The first kappa shape index (κ1) is 14.2. The van der Waals surface area contributed by atoms with Gasteiger partial charge in [0.25, 0.3) is 5.56 Å². The quantitative estimate of drug-likeness (QED) is 0.563. The maximum atomic E-state index is 12.3. The first-order chi connectivity index (χ1) is 16.1. The average Bonchev–Trinajstić information content (AvgIpc) is 2.76. The zero-order valence-electron chi connectivity index (χ0n) is 20.4. The van der Waals surface area contributed by atoms with E-state index in [9.17, 15) is 4.79 Å². The van der Waals surface area contributed by atoms with Crippen molar-refractivity contribution >= 4 is 22.8 Å². The number of hydrogen-bond acceptors (Lipinski definition) is 7. The second kappa shape index (κ2) is 7.22. The summed E-state index contributed by atoms with van der Waals surface area (Å²) in [6.45, 7) is -0.933. The summed E-state index contributed by atoms with van der Waals surface area (Å²) in [6, 6.07) is 8.11. The van der Waals surface area contributed by atoms with E-state index in [0.717, 1.165) is 20.8 Å². The summed E-state index contributed by atoms with van der Waals surface area (Å²) < 4.78 is 36.3. The highest BCUT2D eigenvalue weighted by Crippen LogP contribution is 2.27. The van der Waals surface area contributed by atoms with Gasteiger partial charge in [-0.1, -0.05) is 0 Å². The third kappa shape index (κ3) is 3.26. The van der Waals surface area contributed by atoms with Crippen LogP contribution in [0, 0.1) is 13.8 Å². The summed E-state index contributed by atoms with van der Waals surface area (Å²) in [4.78, 5) is 26.1. The van der Waals surface area contributed by atoms with Crippen molar-refractivity contribution in [3.05, 3.63) is 81.8 Å². The van der Waals surface area contributed by atoms with Crippen molar-refractivity contribution in [2.24, 2.45) is 0 Å². The first-order valence-corrected chi connectivity index (χ1v) is 9.42. The third-order valence-corrected chi connectivity index (χ3v) is 4.85.